The molecule has 0 spiro atoms. The van der Waals surface area contributed by atoms with Gasteiger partial charge in [0, 0.05) is 17.1 Å². The number of anilines is 1. The molecule has 6 N–H and O–H groups in total. The van der Waals surface area contributed by atoms with E-state index < -0.39 is 0 Å². The van der Waals surface area contributed by atoms with Crippen molar-refractivity contribution in [2.24, 2.45) is 5.73 Å². The van der Waals surface area contributed by atoms with E-state index in [1.807, 2.05) is 6.20 Å². The molecular formula is C14H17N7O. The Hall–Kier alpha value is -3.03. The fourth-order valence-corrected chi connectivity index (χ4v) is 2.23. The second kappa shape index (κ2) is 5.76. The zero-order valence-corrected chi connectivity index (χ0v) is 12.1. The maximum atomic E-state index is 7.05. The minimum Gasteiger partial charge on any atom is -0.370 e. The summed E-state index contributed by atoms with van der Waals surface area (Å²) in [6, 6.07) is 6.27. The smallest absolute Gasteiger partial charge is 0.264 e. The van der Waals surface area contributed by atoms with Crippen molar-refractivity contribution < 1.29 is 4.52 Å². The Bertz CT molecular complexity index is 804. The van der Waals surface area contributed by atoms with Gasteiger partial charge in [0.25, 0.3) is 5.95 Å². The molecule has 0 bridgehead atoms. The Morgan fingerprint density at radius 1 is 1.45 bits per heavy atom. The van der Waals surface area contributed by atoms with Crippen molar-refractivity contribution in [1.29, 1.82) is 5.41 Å². The highest BCUT2D eigenvalue weighted by atomic mass is 16.5. The van der Waals surface area contributed by atoms with Crippen molar-refractivity contribution in [1.82, 2.24) is 20.4 Å². The molecule has 0 fully saturated rings. The third kappa shape index (κ3) is 3.00. The number of aromatic nitrogens is 3. The number of nitrogens with zero attached hydrogens (tertiary/aromatic N) is 2. The van der Waals surface area contributed by atoms with Gasteiger partial charge in [0.15, 0.2) is 5.96 Å². The number of H-pyrrole nitrogens is 1. The van der Waals surface area contributed by atoms with E-state index in [1.54, 1.807) is 0 Å². The van der Waals surface area contributed by atoms with Crippen LogP contribution in [-0.2, 0) is 6.42 Å². The number of rotatable bonds is 5. The summed E-state index contributed by atoms with van der Waals surface area (Å²) in [4.78, 5) is 7.50. The molecule has 0 aliphatic heterocycles. The van der Waals surface area contributed by atoms with Crippen molar-refractivity contribution in [3.8, 4) is 0 Å². The number of aryl methyl sites for hydroxylation is 1. The maximum absolute atomic E-state index is 7.05. The normalized spacial score (nSPS) is 10.8. The van der Waals surface area contributed by atoms with Crippen LogP contribution in [0.1, 0.15) is 17.0 Å². The highest BCUT2D eigenvalue weighted by Gasteiger charge is 2.10. The third-order valence-electron chi connectivity index (χ3n) is 3.26. The SMILES string of the molecule is Cc1ccc2c(Cc3nc(NCNC(=N)N)no3)c[nH]c2c1. The van der Waals surface area contributed by atoms with Gasteiger partial charge in [-0.15, -0.1) is 0 Å². The zero-order chi connectivity index (χ0) is 15.5. The first kappa shape index (κ1) is 13.9. The Kier molecular flexibility index (Phi) is 3.65. The van der Waals surface area contributed by atoms with Crippen molar-refractivity contribution >= 4 is 22.8 Å². The summed E-state index contributed by atoms with van der Waals surface area (Å²) >= 11 is 0. The molecule has 0 aliphatic rings. The van der Waals surface area contributed by atoms with Gasteiger partial charge in [0.05, 0.1) is 13.1 Å². The Morgan fingerprint density at radius 2 is 2.32 bits per heavy atom. The fourth-order valence-electron chi connectivity index (χ4n) is 2.23. The van der Waals surface area contributed by atoms with E-state index in [2.05, 4.69) is 50.9 Å². The number of hydrogen-bond acceptors (Lipinski definition) is 5. The van der Waals surface area contributed by atoms with Crippen LogP contribution in [0.25, 0.3) is 10.9 Å². The van der Waals surface area contributed by atoms with Crippen molar-refractivity contribution in [3.63, 3.8) is 0 Å². The Balaban J connectivity index is 1.70. The average Bonchev–Trinajstić information content (AvgIpc) is 3.06. The summed E-state index contributed by atoms with van der Waals surface area (Å²) in [7, 11) is 0. The molecule has 1 aromatic carbocycles. The number of nitrogens with one attached hydrogen (secondary N) is 4. The maximum Gasteiger partial charge on any atom is 0.264 e. The molecule has 2 aromatic heterocycles. The van der Waals surface area contributed by atoms with Gasteiger partial charge in [-0.1, -0.05) is 12.1 Å². The lowest BCUT2D eigenvalue weighted by atomic mass is 10.1. The van der Waals surface area contributed by atoms with E-state index >= 15 is 0 Å². The second-order valence-electron chi connectivity index (χ2n) is 5.00. The van der Waals surface area contributed by atoms with Crippen LogP contribution in [0.2, 0.25) is 0 Å². The number of fused-ring (bicyclic) bond motifs is 1. The molecule has 0 aliphatic carbocycles. The van der Waals surface area contributed by atoms with Gasteiger partial charge in [0.1, 0.15) is 0 Å². The molecule has 0 atom stereocenters. The van der Waals surface area contributed by atoms with Crippen LogP contribution in [0.15, 0.2) is 28.9 Å². The van der Waals surface area contributed by atoms with Crippen LogP contribution < -0.4 is 16.4 Å². The van der Waals surface area contributed by atoms with E-state index in [1.165, 1.54) is 5.56 Å². The van der Waals surface area contributed by atoms with Crippen LogP contribution in [-0.4, -0.2) is 27.8 Å². The molecule has 2 heterocycles. The summed E-state index contributed by atoms with van der Waals surface area (Å²) in [5.41, 5.74) is 8.59. The first-order valence-corrected chi connectivity index (χ1v) is 6.83. The third-order valence-corrected chi connectivity index (χ3v) is 3.26. The monoisotopic (exact) mass is 299 g/mol. The van der Waals surface area contributed by atoms with E-state index in [0.717, 1.165) is 16.5 Å². The molecule has 0 unspecified atom stereocenters. The molecule has 0 amide bonds. The quantitative estimate of drug-likeness (QED) is 0.274. The summed E-state index contributed by atoms with van der Waals surface area (Å²) in [6.07, 6.45) is 2.51. The van der Waals surface area contributed by atoms with Crippen molar-refractivity contribution in [2.45, 2.75) is 13.3 Å². The molecule has 0 saturated carbocycles. The van der Waals surface area contributed by atoms with Crippen molar-refractivity contribution in [3.05, 3.63) is 41.4 Å². The summed E-state index contributed by atoms with van der Waals surface area (Å²) < 4.78 is 5.22. The van der Waals surface area contributed by atoms with E-state index in [-0.39, 0.29) is 12.6 Å². The number of guanidine groups is 1. The zero-order valence-electron chi connectivity index (χ0n) is 12.1. The molecular weight excluding hydrogens is 282 g/mol. The molecule has 0 saturated heterocycles. The minimum atomic E-state index is -0.120. The predicted molar refractivity (Wildman–Crippen MR) is 83.7 cm³/mol. The lowest BCUT2D eigenvalue weighted by molar-refractivity contribution is 0.386. The molecule has 3 aromatic rings. The number of nitrogens with two attached hydrogens (primary N) is 1. The first-order valence-electron chi connectivity index (χ1n) is 6.83. The standard InChI is InChI=1S/C14H17N7O/c1-8-2-3-10-9(6-17-11(10)4-8)5-12-20-14(21-22-12)19-7-18-13(15)16/h2-4,6,17H,5,7H2,1H3,(H,19,21)(H4,15,16,18). The van der Waals surface area contributed by atoms with Crippen LogP contribution in [0.4, 0.5) is 5.95 Å². The Labute approximate surface area is 126 Å². The fraction of sp³-hybridized carbons (Fsp3) is 0.214. The lowest BCUT2D eigenvalue weighted by Gasteiger charge is -2.01. The summed E-state index contributed by atoms with van der Waals surface area (Å²) in [5, 5.41) is 17.5. The van der Waals surface area contributed by atoms with Crippen LogP contribution in [0.5, 0.6) is 0 Å². The number of benzene rings is 1. The molecule has 0 radical (unpaired) electrons. The topological polar surface area (TPSA) is 129 Å². The Morgan fingerprint density at radius 3 is 3.14 bits per heavy atom. The van der Waals surface area contributed by atoms with Gasteiger partial charge in [0.2, 0.25) is 5.89 Å². The molecule has 8 heteroatoms. The van der Waals surface area contributed by atoms with Gasteiger partial charge in [-0.2, -0.15) is 4.98 Å². The summed E-state index contributed by atoms with van der Waals surface area (Å²) in [5.74, 6) is 0.761. The van der Waals surface area contributed by atoms with Gasteiger partial charge in [-0.25, -0.2) is 0 Å². The van der Waals surface area contributed by atoms with Gasteiger partial charge in [-0.05, 0) is 29.3 Å². The van der Waals surface area contributed by atoms with Crippen molar-refractivity contribution in [2.75, 3.05) is 12.0 Å². The molecule has 8 nitrogen and oxygen atoms in total. The lowest BCUT2D eigenvalue weighted by Crippen LogP contribution is -2.34. The largest absolute Gasteiger partial charge is 0.370 e. The van der Waals surface area contributed by atoms with E-state index in [9.17, 15) is 0 Å². The highest BCUT2D eigenvalue weighted by Crippen LogP contribution is 2.21. The molecule has 114 valence electrons. The molecule has 22 heavy (non-hydrogen) atoms. The first-order chi connectivity index (χ1) is 10.6. The van der Waals surface area contributed by atoms with Gasteiger partial charge < -0.3 is 25.9 Å². The van der Waals surface area contributed by atoms with E-state index in [4.69, 9.17) is 15.7 Å². The summed E-state index contributed by atoms with van der Waals surface area (Å²) in [6.45, 7) is 2.33. The van der Waals surface area contributed by atoms with Crippen LogP contribution in [0.3, 0.4) is 0 Å². The predicted octanol–water partition coefficient (Wildman–Crippen LogP) is 1.30. The number of aromatic amines is 1. The van der Waals surface area contributed by atoms with Crippen LogP contribution in [0, 0.1) is 12.3 Å². The van der Waals surface area contributed by atoms with Gasteiger partial charge in [-0.3, -0.25) is 5.41 Å². The van der Waals surface area contributed by atoms with Crippen LogP contribution >= 0.6 is 0 Å². The number of hydrogen-bond donors (Lipinski definition) is 5. The average molecular weight is 299 g/mol. The van der Waals surface area contributed by atoms with Gasteiger partial charge >= 0.3 is 0 Å². The van der Waals surface area contributed by atoms with E-state index in [0.29, 0.717) is 18.3 Å². The molecule has 3 rings (SSSR count). The second-order valence-corrected chi connectivity index (χ2v) is 5.00. The minimum absolute atomic E-state index is 0.120. The highest BCUT2D eigenvalue weighted by molar-refractivity contribution is 5.84.